The van der Waals surface area contributed by atoms with E-state index in [0.717, 1.165) is 24.3 Å². The van der Waals surface area contributed by atoms with Gasteiger partial charge in [0.15, 0.2) is 0 Å². The number of nitrogens with two attached hydrogens (primary N) is 1. The molecule has 0 aliphatic rings. The zero-order valence-corrected chi connectivity index (χ0v) is 12.6. The topological polar surface area (TPSA) is 49.6 Å². The third kappa shape index (κ3) is 4.11. The lowest BCUT2D eigenvalue weighted by molar-refractivity contribution is -0.129. The number of carbonyl (C=O) groups is 1. The van der Waals surface area contributed by atoms with Crippen LogP contribution >= 0.6 is 11.6 Å². The van der Waals surface area contributed by atoms with E-state index in [-0.39, 0.29) is 5.91 Å². The highest BCUT2D eigenvalue weighted by molar-refractivity contribution is 6.33. The van der Waals surface area contributed by atoms with Crippen molar-refractivity contribution in [3.05, 3.63) is 28.8 Å². The molecule has 0 aliphatic heterocycles. The molecule has 1 aromatic carbocycles. The van der Waals surface area contributed by atoms with Crippen molar-refractivity contribution in [3.8, 4) is 0 Å². The van der Waals surface area contributed by atoms with Crippen LogP contribution in [0.3, 0.4) is 0 Å². The number of hydrogen-bond acceptors (Lipinski definition) is 3. The second-order valence-electron chi connectivity index (χ2n) is 4.41. The molecule has 4 nitrogen and oxygen atoms in total. The molecule has 0 aliphatic carbocycles. The summed E-state index contributed by atoms with van der Waals surface area (Å²) >= 11 is 6.21. The molecule has 0 unspecified atom stereocenters. The van der Waals surface area contributed by atoms with Crippen LogP contribution < -0.4 is 10.6 Å². The Morgan fingerprint density at radius 3 is 2.42 bits per heavy atom. The number of amides is 1. The molecule has 5 heteroatoms. The van der Waals surface area contributed by atoms with E-state index in [9.17, 15) is 4.79 Å². The van der Waals surface area contributed by atoms with Crippen molar-refractivity contribution in [2.75, 3.05) is 31.6 Å². The smallest absolute Gasteiger partial charge is 0.242 e. The van der Waals surface area contributed by atoms with E-state index in [1.54, 1.807) is 4.90 Å². The molecular weight excluding hydrogens is 262 g/mol. The van der Waals surface area contributed by atoms with Crippen LogP contribution in [0.2, 0.25) is 5.02 Å². The van der Waals surface area contributed by atoms with Crippen LogP contribution in [0.25, 0.3) is 0 Å². The first-order chi connectivity index (χ1) is 9.03. The van der Waals surface area contributed by atoms with Crippen LogP contribution in [-0.4, -0.2) is 37.5 Å². The van der Waals surface area contributed by atoms with Gasteiger partial charge in [-0.1, -0.05) is 17.7 Å². The summed E-state index contributed by atoms with van der Waals surface area (Å²) in [5.74, 6) is 0.103. The summed E-state index contributed by atoms with van der Waals surface area (Å²) in [7, 11) is 1.87. The van der Waals surface area contributed by atoms with Gasteiger partial charge in [0.2, 0.25) is 5.91 Å². The highest BCUT2D eigenvalue weighted by Crippen LogP contribution is 2.25. The first kappa shape index (κ1) is 15.8. The summed E-state index contributed by atoms with van der Waals surface area (Å²) < 4.78 is 0. The van der Waals surface area contributed by atoms with E-state index in [0.29, 0.717) is 18.1 Å². The number of anilines is 1. The Balaban J connectivity index is 2.78. The molecule has 19 heavy (non-hydrogen) atoms. The third-order valence-electron chi connectivity index (χ3n) is 3.15. The number of rotatable bonds is 6. The van der Waals surface area contributed by atoms with Crippen molar-refractivity contribution in [2.45, 2.75) is 20.4 Å². The Labute approximate surface area is 120 Å². The van der Waals surface area contributed by atoms with Gasteiger partial charge in [-0.05, 0) is 31.5 Å². The molecule has 0 spiro atoms. The molecule has 0 saturated carbocycles. The number of halogens is 1. The molecule has 106 valence electrons. The maximum Gasteiger partial charge on any atom is 0.242 e. The van der Waals surface area contributed by atoms with E-state index in [4.69, 9.17) is 17.3 Å². The van der Waals surface area contributed by atoms with Gasteiger partial charge in [0.05, 0.1) is 17.3 Å². The Morgan fingerprint density at radius 1 is 1.32 bits per heavy atom. The van der Waals surface area contributed by atoms with Gasteiger partial charge < -0.3 is 15.5 Å². The highest BCUT2D eigenvalue weighted by Gasteiger charge is 2.14. The summed E-state index contributed by atoms with van der Waals surface area (Å²) in [6.45, 7) is 6.19. The van der Waals surface area contributed by atoms with Gasteiger partial charge in [0.25, 0.3) is 0 Å². The average molecular weight is 284 g/mol. The largest absolute Gasteiger partial charge is 0.364 e. The number of carbonyl (C=O) groups excluding carboxylic acids is 1. The summed E-state index contributed by atoms with van der Waals surface area (Å²) in [5, 5.41) is 0.623. The minimum atomic E-state index is 0.103. The van der Waals surface area contributed by atoms with E-state index >= 15 is 0 Å². The van der Waals surface area contributed by atoms with E-state index in [2.05, 4.69) is 0 Å². The molecule has 0 fully saturated rings. The highest BCUT2D eigenvalue weighted by atomic mass is 35.5. The predicted octanol–water partition coefficient (Wildman–Crippen LogP) is 2.10. The normalized spacial score (nSPS) is 10.4. The van der Waals surface area contributed by atoms with Crippen molar-refractivity contribution in [3.63, 3.8) is 0 Å². The molecule has 0 atom stereocenters. The van der Waals surface area contributed by atoms with Crippen LogP contribution in [0.4, 0.5) is 5.69 Å². The molecule has 1 aromatic rings. The van der Waals surface area contributed by atoms with Crippen molar-refractivity contribution in [1.82, 2.24) is 4.90 Å². The first-order valence-electron chi connectivity index (χ1n) is 6.50. The molecule has 0 heterocycles. The monoisotopic (exact) mass is 283 g/mol. The molecular formula is C14H22ClN3O. The number of likely N-dealkylation sites (N-methyl/N-ethyl adjacent to an activating group) is 2. The average Bonchev–Trinajstić information content (AvgIpc) is 2.39. The van der Waals surface area contributed by atoms with E-state index in [1.807, 2.05) is 44.0 Å². The Morgan fingerprint density at radius 2 is 1.95 bits per heavy atom. The maximum atomic E-state index is 12.0. The van der Waals surface area contributed by atoms with Gasteiger partial charge in [-0.15, -0.1) is 0 Å². The SMILES string of the molecule is CCN(CC)C(=O)CN(C)c1ccc(CN)cc1Cl. The molecule has 1 amide bonds. The summed E-state index contributed by atoms with van der Waals surface area (Å²) in [5.41, 5.74) is 7.40. The van der Waals surface area contributed by atoms with Gasteiger partial charge in [-0.25, -0.2) is 0 Å². The minimum Gasteiger partial charge on any atom is -0.364 e. The summed E-state index contributed by atoms with van der Waals surface area (Å²) in [6, 6.07) is 5.68. The van der Waals surface area contributed by atoms with Crippen LogP contribution in [0.15, 0.2) is 18.2 Å². The lowest BCUT2D eigenvalue weighted by Crippen LogP contribution is -2.38. The second-order valence-corrected chi connectivity index (χ2v) is 4.82. The van der Waals surface area contributed by atoms with Gasteiger partial charge in [-0.2, -0.15) is 0 Å². The summed E-state index contributed by atoms with van der Waals surface area (Å²) in [6.07, 6.45) is 0. The van der Waals surface area contributed by atoms with Crippen LogP contribution in [-0.2, 0) is 11.3 Å². The molecule has 0 radical (unpaired) electrons. The van der Waals surface area contributed by atoms with Gasteiger partial charge in [0, 0.05) is 26.7 Å². The van der Waals surface area contributed by atoms with E-state index in [1.165, 1.54) is 0 Å². The Hall–Kier alpha value is -1.26. The number of benzene rings is 1. The van der Waals surface area contributed by atoms with Crippen molar-refractivity contribution >= 4 is 23.2 Å². The lowest BCUT2D eigenvalue weighted by atomic mass is 10.2. The molecule has 1 rings (SSSR count). The van der Waals surface area contributed by atoms with Crippen LogP contribution in [0.5, 0.6) is 0 Å². The lowest BCUT2D eigenvalue weighted by Gasteiger charge is -2.25. The molecule has 0 aromatic heterocycles. The van der Waals surface area contributed by atoms with Crippen LogP contribution in [0, 0.1) is 0 Å². The predicted molar refractivity (Wildman–Crippen MR) is 80.5 cm³/mol. The fraction of sp³-hybridized carbons (Fsp3) is 0.500. The van der Waals surface area contributed by atoms with Gasteiger partial charge in [-0.3, -0.25) is 4.79 Å². The zero-order chi connectivity index (χ0) is 14.4. The molecule has 2 N–H and O–H groups in total. The maximum absolute atomic E-state index is 12.0. The standard InChI is InChI=1S/C14H22ClN3O/c1-4-18(5-2)14(19)10-17(3)13-7-6-11(9-16)8-12(13)15/h6-8H,4-5,9-10,16H2,1-3H3. The molecule has 0 bridgehead atoms. The zero-order valence-electron chi connectivity index (χ0n) is 11.8. The van der Waals surface area contributed by atoms with Crippen molar-refractivity contribution in [2.24, 2.45) is 5.73 Å². The Bertz CT molecular complexity index is 433. The van der Waals surface area contributed by atoms with Crippen molar-refractivity contribution in [1.29, 1.82) is 0 Å². The second kappa shape index (κ2) is 7.36. The fourth-order valence-corrected chi connectivity index (χ4v) is 2.30. The van der Waals surface area contributed by atoms with Gasteiger partial charge in [0.1, 0.15) is 0 Å². The summed E-state index contributed by atoms with van der Waals surface area (Å²) in [4.78, 5) is 15.7. The third-order valence-corrected chi connectivity index (χ3v) is 3.45. The quantitative estimate of drug-likeness (QED) is 0.870. The number of nitrogens with zero attached hydrogens (tertiary/aromatic N) is 2. The van der Waals surface area contributed by atoms with Crippen molar-refractivity contribution < 1.29 is 4.79 Å². The molecule has 0 saturated heterocycles. The van der Waals surface area contributed by atoms with Crippen LogP contribution in [0.1, 0.15) is 19.4 Å². The Kier molecular flexibility index (Phi) is 6.12. The van der Waals surface area contributed by atoms with Gasteiger partial charge >= 0.3 is 0 Å². The minimum absolute atomic E-state index is 0.103. The fourth-order valence-electron chi connectivity index (χ4n) is 1.95. The van der Waals surface area contributed by atoms with E-state index < -0.39 is 0 Å². The number of hydrogen-bond donors (Lipinski definition) is 1. The first-order valence-corrected chi connectivity index (χ1v) is 6.88.